The Hall–Kier alpha value is -1.85. The minimum atomic E-state index is -0.321. The second-order valence-electron chi connectivity index (χ2n) is 17.5. The first-order valence-electron chi connectivity index (χ1n) is 17.2. The molecule has 6 bridgehead atoms. The maximum absolute atomic E-state index is 6.35. The Morgan fingerprint density at radius 1 is 0.568 bits per heavy atom. The van der Waals surface area contributed by atoms with Crippen molar-refractivity contribution in [2.24, 2.45) is 23.7 Å². The largest absolute Gasteiger partial charge is 0.494 e. The molecule has 0 N–H and O–H groups in total. The van der Waals surface area contributed by atoms with E-state index in [1.54, 1.807) is 5.57 Å². The summed E-state index contributed by atoms with van der Waals surface area (Å²) in [6, 6.07) is 18.6. The molecule has 7 aliphatic rings. The number of allylic oxidation sites excluding steroid dienone is 2. The summed E-state index contributed by atoms with van der Waals surface area (Å²) in [5, 5.41) is 0. The van der Waals surface area contributed by atoms with Gasteiger partial charge in [0.25, 0.3) is 0 Å². The molecule has 0 amide bonds. The molecule has 4 nitrogen and oxygen atoms in total. The van der Waals surface area contributed by atoms with Gasteiger partial charge >= 0.3 is 14.2 Å². The normalized spacial score (nSPS) is 38.7. The third-order valence-electron chi connectivity index (χ3n) is 13.8. The van der Waals surface area contributed by atoms with Crippen LogP contribution in [0.3, 0.4) is 0 Å². The minimum Gasteiger partial charge on any atom is -0.399 e. The quantitative estimate of drug-likeness (QED) is 0.287. The Morgan fingerprint density at radius 3 is 1.55 bits per heavy atom. The van der Waals surface area contributed by atoms with Crippen LogP contribution in [0.15, 0.2) is 60.2 Å². The highest BCUT2D eigenvalue weighted by Crippen LogP contribution is 2.68. The van der Waals surface area contributed by atoms with Crippen molar-refractivity contribution in [3.05, 3.63) is 71.3 Å². The van der Waals surface area contributed by atoms with E-state index in [1.807, 2.05) is 0 Å². The minimum absolute atomic E-state index is 0.0870. The molecule has 4 saturated carbocycles. The highest BCUT2D eigenvalue weighted by atomic mass is 16.7. The summed E-state index contributed by atoms with van der Waals surface area (Å²) in [5.74, 6) is 3.06. The van der Waals surface area contributed by atoms with Gasteiger partial charge in [0.2, 0.25) is 0 Å². The van der Waals surface area contributed by atoms with Gasteiger partial charge in [0.1, 0.15) is 0 Å². The molecule has 6 heteroatoms. The van der Waals surface area contributed by atoms with Gasteiger partial charge in [-0.05, 0) is 139 Å². The third kappa shape index (κ3) is 4.19. The van der Waals surface area contributed by atoms with Crippen molar-refractivity contribution < 1.29 is 18.6 Å². The summed E-state index contributed by atoms with van der Waals surface area (Å²) in [7, 11) is -0.599. The summed E-state index contributed by atoms with van der Waals surface area (Å²) in [6.07, 6.45) is 9.30. The van der Waals surface area contributed by atoms with Gasteiger partial charge in [-0.3, -0.25) is 0 Å². The van der Waals surface area contributed by atoms with Gasteiger partial charge in [0, 0.05) is 5.41 Å². The third-order valence-corrected chi connectivity index (χ3v) is 13.8. The zero-order chi connectivity index (χ0) is 31.1. The first kappa shape index (κ1) is 29.5. The predicted octanol–water partition coefficient (Wildman–Crippen LogP) is 6.88. The van der Waals surface area contributed by atoms with Gasteiger partial charge < -0.3 is 18.6 Å². The second-order valence-corrected chi connectivity index (χ2v) is 17.5. The van der Waals surface area contributed by atoms with E-state index < -0.39 is 0 Å². The first-order valence-corrected chi connectivity index (χ1v) is 17.2. The van der Waals surface area contributed by atoms with Crippen molar-refractivity contribution >= 4 is 25.2 Å². The Bertz CT molecular complexity index is 1480. The van der Waals surface area contributed by atoms with E-state index in [1.165, 1.54) is 43.2 Å². The van der Waals surface area contributed by atoms with E-state index in [-0.39, 0.29) is 42.1 Å². The lowest BCUT2D eigenvalue weighted by Crippen LogP contribution is -2.57. The van der Waals surface area contributed by atoms with Crippen LogP contribution >= 0.6 is 0 Å². The van der Waals surface area contributed by atoms with Crippen molar-refractivity contribution in [2.75, 3.05) is 0 Å². The fraction of sp³-hybridized carbons (Fsp3) is 0.632. The van der Waals surface area contributed by atoms with Crippen molar-refractivity contribution in [2.45, 2.75) is 128 Å². The highest BCUT2D eigenvalue weighted by molar-refractivity contribution is 6.62. The Kier molecular flexibility index (Phi) is 6.14. The van der Waals surface area contributed by atoms with Crippen LogP contribution in [0.4, 0.5) is 0 Å². The Labute approximate surface area is 265 Å². The molecule has 5 aliphatic carbocycles. The summed E-state index contributed by atoms with van der Waals surface area (Å²) >= 11 is 0. The Balaban J connectivity index is 1.02. The molecule has 232 valence electrons. The van der Waals surface area contributed by atoms with Crippen LogP contribution in [0.2, 0.25) is 0 Å². The van der Waals surface area contributed by atoms with Crippen molar-refractivity contribution in [3.63, 3.8) is 0 Å². The van der Waals surface area contributed by atoms with Crippen molar-refractivity contribution in [1.29, 1.82) is 0 Å². The maximum atomic E-state index is 6.35. The molecular formula is C38H50B2O4. The number of hydrogen-bond acceptors (Lipinski definition) is 4. The van der Waals surface area contributed by atoms with Crippen LogP contribution < -0.4 is 10.9 Å². The average Bonchev–Trinajstić information content (AvgIpc) is 3.32. The molecule has 2 heterocycles. The smallest absolute Gasteiger partial charge is 0.399 e. The lowest BCUT2D eigenvalue weighted by atomic mass is 9.40. The van der Waals surface area contributed by atoms with Gasteiger partial charge in [0.05, 0.1) is 22.4 Å². The number of benzene rings is 2. The van der Waals surface area contributed by atoms with E-state index in [4.69, 9.17) is 18.6 Å². The molecule has 6 fully saturated rings. The molecular weight excluding hydrogens is 542 g/mol. The fourth-order valence-corrected chi connectivity index (χ4v) is 9.88. The molecule has 6 unspecified atom stereocenters. The maximum Gasteiger partial charge on any atom is 0.494 e. The monoisotopic (exact) mass is 592 g/mol. The van der Waals surface area contributed by atoms with E-state index in [0.717, 1.165) is 34.6 Å². The molecule has 0 aromatic heterocycles. The Morgan fingerprint density at radius 2 is 1.05 bits per heavy atom. The van der Waals surface area contributed by atoms with E-state index in [2.05, 4.69) is 117 Å². The van der Waals surface area contributed by atoms with Gasteiger partial charge in [-0.1, -0.05) is 67.1 Å². The lowest BCUT2D eigenvalue weighted by Gasteiger charge is -2.64. The summed E-state index contributed by atoms with van der Waals surface area (Å²) < 4.78 is 25.4. The van der Waals surface area contributed by atoms with Crippen LogP contribution in [0, 0.1) is 23.7 Å². The molecule has 2 aromatic rings. The topological polar surface area (TPSA) is 36.9 Å². The predicted molar refractivity (Wildman–Crippen MR) is 178 cm³/mol. The SMILES string of the molecule is CC1(c2ccc(B3OC(C)(C)C(C)(C)O3)cc2)C=C2C3CC4CC(c5ccc(B6OC(C)(C)C(C)(C)O6)cc5)(C3)CC2C4C1. The zero-order valence-electron chi connectivity index (χ0n) is 28.3. The summed E-state index contributed by atoms with van der Waals surface area (Å²) in [6.45, 7) is 19.5. The van der Waals surface area contributed by atoms with E-state index in [0.29, 0.717) is 5.41 Å². The van der Waals surface area contributed by atoms with Gasteiger partial charge in [-0.2, -0.15) is 0 Å². The second kappa shape index (κ2) is 9.15. The van der Waals surface area contributed by atoms with E-state index in [9.17, 15) is 0 Å². The lowest BCUT2D eigenvalue weighted by molar-refractivity contribution is -0.0326. The van der Waals surface area contributed by atoms with Crippen LogP contribution in [-0.2, 0) is 29.4 Å². The molecule has 2 saturated heterocycles. The van der Waals surface area contributed by atoms with Crippen LogP contribution in [0.1, 0.15) is 106 Å². The number of hydrogen-bond donors (Lipinski definition) is 0. The summed E-state index contributed by atoms with van der Waals surface area (Å²) in [4.78, 5) is 0. The molecule has 0 radical (unpaired) electrons. The van der Waals surface area contributed by atoms with Crippen LogP contribution in [0.25, 0.3) is 0 Å². The van der Waals surface area contributed by atoms with Crippen molar-refractivity contribution in [1.82, 2.24) is 0 Å². The van der Waals surface area contributed by atoms with Gasteiger partial charge in [-0.15, -0.1) is 0 Å². The zero-order valence-corrected chi connectivity index (χ0v) is 28.3. The molecule has 6 atom stereocenters. The van der Waals surface area contributed by atoms with E-state index >= 15 is 0 Å². The molecule has 2 aliphatic heterocycles. The van der Waals surface area contributed by atoms with Crippen LogP contribution in [-0.4, -0.2) is 36.6 Å². The highest BCUT2D eigenvalue weighted by Gasteiger charge is 2.61. The average molecular weight is 592 g/mol. The fourth-order valence-electron chi connectivity index (χ4n) is 9.88. The van der Waals surface area contributed by atoms with Gasteiger partial charge in [-0.25, -0.2) is 0 Å². The summed E-state index contributed by atoms with van der Waals surface area (Å²) in [5.41, 5.74) is 6.14. The van der Waals surface area contributed by atoms with Crippen LogP contribution in [0.5, 0.6) is 0 Å². The molecule has 9 rings (SSSR count). The van der Waals surface area contributed by atoms with Crippen molar-refractivity contribution in [3.8, 4) is 0 Å². The van der Waals surface area contributed by atoms with Gasteiger partial charge in [0.15, 0.2) is 0 Å². The first-order chi connectivity index (χ1) is 20.5. The molecule has 2 aromatic carbocycles. The molecule has 44 heavy (non-hydrogen) atoms. The molecule has 0 spiro atoms. The number of rotatable bonds is 4. The standard InChI is InChI=1S/C38H50B2O4/c1-33(2)34(3,4)42-39(41-33)28-14-10-26(11-15-28)37(9)21-30-24-18-25-20-38(19-24,23-32(30)31(25)22-37)27-12-16-29(17-13-27)40-43-35(5,6)36(7,8)44-40/h10-17,21,24-25,31-32H,18-20,22-23H2,1-9H3.